The molecule has 5 heteroatoms. The lowest BCUT2D eigenvalue weighted by Gasteiger charge is -2.30. The Morgan fingerprint density at radius 3 is 2.30 bits per heavy atom. The second kappa shape index (κ2) is 6.32. The van der Waals surface area contributed by atoms with Crippen molar-refractivity contribution in [3.8, 4) is 0 Å². The molecule has 1 amide bonds. The van der Waals surface area contributed by atoms with Crippen molar-refractivity contribution in [2.45, 2.75) is 24.2 Å². The van der Waals surface area contributed by atoms with Gasteiger partial charge in [-0.2, -0.15) is 0 Å². The van der Waals surface area contributed by atoms with Crippen molar-refractivity contribution in [2.75, 3.05) is 7.05 Å². The van der Waals surface area contributed by atoms with Gasteiger partial charge in [-0.15, -0.1) is 0 Å². The highest BCUT2D eigenvalue weighted by Gasteiger charge is 2.49. The molecule has 2 N–H and O–H groups in total. The number of halogens is 1. The van der Waals surface area contributed by atoms with Crippen LogP contribution in [-0.2, 0) is 4.79 Å². The van der Waals surface area contributed by atoms with Crippen LogP contribution in [0.4, 0.5) is 0 Å². The molecule has 3 rings (SSSR count). The van der Waals surface area contributed by atoms with Crippen LogP contribution in [-0.4, -0.2) is 40.2 Å². The number of likely N-dealkylation sites (tertiary alicyclic amines) is 1. The standard InChI is InChI=1S/C18H18ClNO3/c1-20-15(16(21)12-7-9-13(19)10-8-12)14(17(22)18(20)23)11-5-3-2-4-6-11/h2-10,14-17,21-22H,1H3/t14-,15+,16-,17+/m0/s1. The lowest BCUT2D eigenvalue weighted by molar-refractivity contribution is -0.135. The van der Waals surface area contributed by atoms with E-state index in [4.69, 9.17) is 11.6 Å². The molecule has 1 heterocycles. The van der Waals surface area contributed by atoms with Gasteiger partial charge >= 0.3 is 0 Å². The molecule has 2 aromatic rings. The maximum Gasteiger partial charge on any atom is 0.252 e. The minimum absolute atomic E-state index is 0.378. The topological polar surface area (TPSA) is 60.8 Å². The highest BCUT2D eigenvalue weighted by Crippen LogP contribution is 2.40. The zero-order chi connectivity index (χ0) is 16.6. The first-order valence-corrected chi connectivity index (χ1v) is 7.81. The Hall–Kier alpha value is -1.88. The molecule has 2 aromatic carbocycles. The molecule has 0 spiro atoms. The van der Waals surface area contributed by atoms with Gasteiger partial charge in [-0.25, -0.2) is 0 Å². The van der Waals surface area contributed by atoms with Crippen molar-refractivity contribution < 1.29 is 15.0 Å². The molecule has 1 aliphatic rings. The molecule has 0 aromatic heterocycles. The molecule has 0 aliphatic carbocycles. The van der Waals surface area contributed by atoms with E-state index < -0.39 is 24.2 Å². The molecule has 23 heavy (non-hydrogen) atoms. The number of hydrogen-bond donors (Lipinski definition) is 2. The van der Waals surface area contributed by atoms with Gasteiger partial charge in [0.2, 0.25) is 0 Å². The van der Waals surface area contributed by atoms with Gasteiger partial charge in [0, 0.05) is 18.0 Å². The molecule has 0 unspecified atom stereocenters. The highest BCUT2D eigenvalue weighted by atomic mass is 35.5. The van der Waals surface area contributed by atoms with Crippen LogP contribution in [0.3, 0.4) is 0 Å². The third-order valence-electron chi connectivity index (χ3n) is 4.48. The second-order valence-electron chi connectivity index (χ2n) is 5.82. The predicted octanol–water partition coefficient (Wildman–Crippen LogP) is 2.36. The van der Waals surface area contributed by atoms with Crippen LogP contribution in [0.1, 0.15) is 23.1 Å². The summed E-state index contributed by atoms with van der Waals surface area (Å²) >= 11 is 5.89. The summed E-state index contributed by atoms with van der Waals surface area (Å²) in [6.45, 7) is 0. The van der Waals surface area contributed by atoms with E-state index >= 15 is 0 Å². The molecule has 120 valence electrons. The summed E-state index contributed by atoms with van der Waals surface area (Å²) in [6, 6.07) is 15.6. The molecular formula is C18H18ClNO3. The summed E-state index contributed by atoms with van der Waals surface area (Å²) < 4.78 is 0. The number of carbonyl (C=O) groups is 1. The molecule has 1 aliphatic heterocycles. The second-order valence-corrected chi connectivity index (χ2v) is 6.25. The van der Waals surface area contributed by atoms with Gasteiger partial charge in [0.25, 0.3) is 5.91 Å². The van der Waals surface area contributed by atoms with Crippen LogP contribution in [0.5, 0.6) is 0 Å². The fourth-order valence-electron chi connectivity index (χ4n) is 3.26. The molecule has 4 nitrogen and oxygen atoms in total. The Morgan fingerprint density at radius 2 is 1.70 bits per heavy atom. The highest BCUT2D eigenvalue weighted by molar-refractivity contribution is 6.30. The molecule has 1 fully saturated rings. The Labute approximate surface area is 139 Å². The number of rotatable bonds is 3. The van der Waals surface area contributed by atoms with Crippen LogP contribution in [0, 0.1) is 0 Å². The van der Waals surface area contributed by atoms with Gasteiger partial charge in [0.1, 0.15) is 12.2 Å². The van der Waals surface area contributed by atoms with Crippen molar-refractivity contribution in [3.63, 3.8) is 0 Å². The van der Waals surface area contributed by atoms with E-state index in [1.54, 1.807) is 31.3 Å². The lowest BCUT2D eigenvalue weighted by Crippen LogP contribution is -2.36. The van der Waals surface area contributed by atoms with E-state index in [9.17, 15) is 15.0 Å². The van der Waals surface area contributed by atoms with Crippen LogP contribution >= 0.6 is 11.6 Å². The van der Waals surface area contributed by atoms with Crippen molar-refractivity contribution >= 4 is 17.5 Å². The van der Waals surface area contributed by atoms with Crippen LogP contribution in [0.2, 0.25) is 5.02 Å². The van der Waals surface area contributed by atoms with E-state index in [0.29, 0.717) is 10.6 Å². The van der Waals surface area contributed by atoms with Gasteiger partial charge < -0.3 is 15.1 Å². The first-order chi connectivity index (χ1) is 11.0. The third-order valence-corrected chi connectivity index (χ3v) is 4.73. The summed E-state index contributed by atoms with van der Waals surface area (Å²) in [6.07, 6.45) is -2.07. The molecule has 1 saturated heterocycles. The summed E-state index contributed by atoms with van der Waals surface area (Å²) in [5.74, 6) is -0.865. The Balaban J connectivity index is 1.99. The molecule has 0 radical (unpaired) electrons. The minimum atomic E-state index is -1.16. The normalized spacial score (nSPS) is 25.7. The van der Waals surface area contributed by atoms with Gasteiger partial charge in [0.15, 0.2) is 0 Å². The number of carbonyl (C=O) groups excluding carboxylic acids is 1. The quantitative estimate of drug-likeness (QED) is 0.907. The first-order valence-electron chi connectivity index (χ1n) is 7.44. The van der Waals surface area contributed by atoms with Crippen LogP contribution in [0.25, 0.3) is 0 Å². The summed E-state index contributed by atoms with van der Waals surface area (Å²) in [5, 5.41) is 21.7. The number of likely N-dealkylation sites (N-methyl/N-ethyl adjacent to an activating group) is 1. The van der Waals surface area contributed by atoms with Gasteiger partial charge in [0.05, 0.1) is 6.04 Å². The van der Waals surface area contributed by atoms with Gasteiger partial charge in [-0.3, -0.25) is 4.79 Å². The number of hydrogen-bond acceptors (Lipinski definition) is 3. The zero-order valence-electron chi connectivity index (χ0n) is 12.6. The zero-order valence-corrected chi connectivity index (χ0v) is 13.4. The summed E-state index contributed by atoms with van der Waals surface area (Å²) in [5.41, 5.74) is 1.49. The largest absolute Gasteiger partial charge is 0.386 e. The fraction of sp³-hybridized carbons (Fsp3) is 0.278. The summed E-state index contributed by atoms with van der Waals surface area (Å²) in [7, 11) is 1.61. The molecule has 0 saturated carbocycles. The minimum Gasteiger partial charge on any atom is -0.386 e. The number of amides is 1. The van der Waals surface area contributed by atoms with E-state index in [2.05, 4.69) is 0 Å². The number of aliphatic hydroxyl groups excluding tert-OH is 2. The Kier molecular flexibility index (Phi) is 4.39. The van der Waals surface area contributed by atoms with Crippen LogP contribution in [0.15, 0.2) is 54.6 Å². The van der Waals surface area contributed by atoms with E-state index in [-0.39, 0.29) is 5.91 Å². The van der Waals surface area contributed by atoms with Crippen molar-refractivity contribution in [1.82, 2.24) is 4.90 Å². The number of aliphatic hydroxyl groups is 2. The van der Waals surface area contributed by atoms with E-state index in [1.807, 2.05) is 30.3 Å². The first kappa shape index (κ1) is 16.0. The van der Waals surface area contributed by atoms with Crippen molar-refractivity contribution in [2.24, 2.45) is 0 Å². The Morgan fingerprint density at radius 1 is 1.09 bits per heavy atom. The average molecular weight is 332 g/mol. The molecule has 4 atom stereocenters. The predicted molar refractivity (Wildman–Crippen MR) is 88.2 cm³/mol. The monoisotopic (exact) mass is 331 g/mol. The number of nitrogens with zero attached hydrogens (tertiary/aromatic N) is 1. The maximum absolute atomic E-state index is 12.2. The fourth-order valence-corrected chi connectivity index (χ4v) is 3.38. The van der Waals surface area contributed by atoms with Crippen molar-refractivity contribution in [3.05, 3.63) is 70.7 Å². The van der Waals surface area contributed by atoms with Crippen molar-refractivity contribution in [1.29, 1.82) is 0 Å². The van der Waals surface area contributed by atoms with Gasteiger partial charge in [-0.1, -0.05) is 54.1 Å². The Bertz CT molecular complexity index is 689. The van der Waals surface area contributed by atoms with E-state index in [0.717, 1.165) is 5.56 Å². The average Bonchev–Trinajstić information content (AvgIpc) is 2.80. The smallest absolute Gasteiger partial charge is 0.252 e. The van der Waals surface area contributed by atoms with Gasteiger partial charge in [-0.05, 0) is 23.3 Å². The molecular weight excluding hydrogens is 314 g/mol. The summed E-state index contributed by atoms with van der Waals surface area (Å²) in [4.78, 5) is 13.7. The van der Waals surface area contributed by atoms with Crippen LogP contribution < -0.4 is 0 Å². The maximum atomic E-state index is 12.2. The third kappa shape index (κ3) is 2.85. The van der Waals surface area contributed by atoms with E-state index in [1.165, 1.54) is 4.90 Å². The SMILES string of the molecule is CN1C(=O)[C@H](O)[C@@H](c2ccccc2)[C@@H]1[C@@H](O)c1ccc(Cl)cc1. The molecule has 0 bridgehead atoms. The number of benzene rings is 2. The lowest BCUT2D eigenvalue weighted by atomic mass is 9.85.